The van der Waals surface area contributed by atoms with Crippen molar-refractivity contribution >= 4 is 23.2 Å². The molecular formula is C16H19ClN2O. The molecule has 2 aliphatic carbocycles. The zero-order valence-corrected chi connectivity index (χ0v) is 12.2. The second-order valence-electron chi connectivity index (χ2n) is 5.94. The summed E-state index contributed by atoms with van der Waals surface area (Å²) >= 11 is 5.97. The fourth-order valence-electron chi connectivity index (χ4n) is 3.57. The summed E-state index contributed by atoms with van der Waals surface area (Å²) in [5, 5.41) is 3.89. The number of halogens is 1. The smallest absolute Gasteiger partial charge is 0.250 e. The number of fused-ring (bicyclic) bond motifs is 2. The number of hydrogen-bond donors (Lipinski definition) is 2. The van der Waals surface area contributed by atoms with E-state index in [1.807, 2.05) is 6.07 Å². The quantitative estimate of drug-likeness (QED) is 0.835. The Morgan fingerprint density at radius 2 is 2.20 bits per heavy atom. The van der Waals surface area contributed by atoms with Crippen LogP contribution in [0.2, 0.25) is 5.02 Å². The molecule has 3 rings (SSSR count). The van der Waals surface area contributed by atoms with Crippen LogP contribution >= 0.6 is 11.6 Å². The number of amides is 1. The van der Waals surface area contributed by atoms with Crippen LogP contribution in [0.4, 0.5) is 5.69 Å². The van der Waals surface area contributed by atoms with E-state index in [1.165, 1.54) is 12.8 Å². The Bertz CT molecular complexity index is 570. The lowest BCUT2D eigenvalue weighted by molar-refractivity contribution is 0.100. The van der Waals surface area contributed by atoms with E-state index in [-0.39, 0.29) is 0 Å². The minimum Gasteiger partial charge on any atom is -0.382 e. The van der Waals surface area contributed by atoms with Crippen molar-refractivity contribution in [2.75, 3.05) is 5.32 Å². The molecule has 0 aliphatic heterocycles. The summed E-state index contributed by atoms with van der Waals surface area (Å²) in [6.45, 7) is 2.21. The molecule has 1 aromatic rings. The molecule has 4 unspecified atom stereocenters. The Morgan fingerprint density at radius 3 is 2.80 bits per heavy atom. The lowest BCUT2D eigenvalue weighted by Gasteiger charge is -2.27. The van der Waals surface area contributed by atoms with Crippen LogP contribution in [0.1, 0.15) is 30.1 Å². The van der Waals surface area contributed by atoms with E-state index in [9.17, 15) is 4.79 Å². The van der Waals surface area contributed by atoms with Gasteiger partial charge in [-0.2, -0.15) is 0 Å². The maximum absolute atomic E-state index is 11.3. The first-order valence-electron chi connectivity index (χ1n) is 7.09. The monoisotopic (exact) mass is 290 g/mol. The molecule has 106 valence electrons. The summed E-state index contributed by atoms with van der Waals surface area (Å²) in [6.07, 6.45) is 7.25. The Labute approximate surface area is 124 Å². The van der Waals surface area contributed by atoms with E-state index in [4.69, 9.17) is 17.3 Å². The number of anilines is 1. The Hall–Kier alpha value is -1.48. The van der Waals surface area contributed by atoms with E-state index in [1.54, 1.807) is 12.1 Å². The van der Waals surface area contributed by atoms with Crippen molar-refractivity contribution in [3.05, 3.63) is 40.9 Å². The number of primary amides is 1. The van der Waals surface area contributed by atoms with Gasteiger partial charge in [-0.1, -0.05) is 23.8 Å². The molecule has 3 nitrogen and oxygen atoms in total. The van der Waals surface area contributed by atoms with E-state index in [0.29, 0.717) is 28.5 Å². The van der Waals surface area contributed by atoms with E-state index >= 15 is 0 Å². The third-order valence-corrected chi connectivity index (χ3v) is 4.93. The van der Waals surface area contributed by atoms with E-state index < -0.39 is 5.91 Å². The van der Waals surface area contributed by atoms with Gasteiger partial charge in [-0.25, -0.2) is 0 Å². The number of allylic oxidation sites excluding steroid dienone is 2. The largest absolute Gasteiger partial charge is 0.382 e. The summed E-state index contributed by atoms with van der Waals surface area (Å²) in [5.74, 6) is 1.64. The summed E-state index contributed by atoms with van der Waals surface area (Å²) in [4.78, 5) is 11.3. The minimum atomic E-state index is -0.492. The molecule has 1 aromatic carbocycles. The highest BCUT2D eigenvalue weighted by molar-refractivity contribution is 6.33. The first kappa shape index (κ1) is 13.5. The zero-order valence-electron chi connectivity index (χ0n) is 11.5. The van der Waals surface area contributed by atoms with Crippen LogP contribution in [0.15, 0.2) is 30.4 Å². The van der Waals surface area contributed by atoms with Crippen molar-refractivity contribution in [2.24, 2.45) is 23.5 Å². The molecule has 1 fully saturated rings. The number of rotatable bonds is 4. The van der Waals surface area contributed by atoms with Crippen molar-refractivity contribution in [3.8, 4) is 0 Å². The van der Waals surface area contributed by atoms with Crippen molar-refractivity contribution in [3.63, 3.8) is 0 Å². The van der Waals surface area contributed by atoms with Gasteiger partial charge in [0.05, 0.1) is 10.6 Å². The Balaban J connectivity index is 1.73. The normalized spacial score (nSPS) is 28.6. The van der Waals surface area contributed by atoms with Gasteiger partial charge in [0, 0.05) is 11.7 Å². The van der Waals surface area contributed by atoms with Crippen molar-refractivity contribution in [1.29, 1.82) is 0 Å². The number of nitrogens with one attached hydrogen (secondary N) is 1. The van der Waals surface area contributed by atoms with Crippen LogP contribution < -0.4 is 11.1 Å². The molecule has 0 aromatic heterocycles. The first-order chi connectivity index (χ1) is 9.54. The summed E-state index contributed by atoms with van der Waals surface area (Å²) in [7, 11) is 0. The predicted molar refractivity (Wildman–Crippen MR) is 81.9 cm³/mol. The Kier molecular flexibility index (Phi) is 3.47. The maximum Gasteiger partial charge on any atom is 0.250 e. The molecule has 1 amide bonds. The van der Waals surface area contributed by atoms with E-state index in [0.717, 1.165) is 11.6 Å². The van der Waals surface area contributed by atoms with Crippen molar-refractivity contribution in [2.45, 2.75) is 25.8 Å². The van der Waals surface area contributed by atoms with Crippen LogP contribution in [0, 0.1) is 17.8 Å². The van der Waals surface area contributed by atoms with Crippen molar-refractivity contribution in [1.82, 2.24) is 0 Å². The number of carbonyl (C=O) groups is 1. The average molecular weight is 291 g/mol. The molecule has 0 radical (unpaired) electrons. The molecule has 0 saturated heterocycles. The highest BCUT2D eigenvalue weighted by Gasteiger charge is 2.38. The molecule has 4 heteroatoms. The predicted octanol–water partition coefficient (Wildman–Crippen LogP) is 3.45. The lowest BCUT2D eigenvalue weighted by atomic mass is 9.87. The third-order valence-electron chi connectivity index (χ3n) is 4.60. The van der Waals surface area contributed by atoms with Gasteiger partial charge in [0.1, 0.15) is 0 Å². The summed E-state index contributed by atoms with van der Waals surface area (Å²) in [5.41, 5.74) is 6.60. The van der Waals surface area contributed by atoms with Crippen LogP contribution in [0.3, 0.4) is 0 Å². The first-order valence-corrected chi connectivity index (χ1v) is 7.46. The molecule has 2 aliphatic rings. The van der Waals surface area contributed by atoms with E-state index in [2.05, 4.69) is 24.4 Å². The van der Waals surface area contributed by atoms with Gasteiger partial charge in [0.15, 0.2) is 0 Å². The SMILES string of the molecule is CC(Nc1ccc(Cl)c(C(N)=O)c1)C1CC2C=CC1C2. The number of hydrogen-bond acceptors (Lipinski definition) is 2. The number of benzene rings is 1. The van der Waals surface area contributed by atoms with Crippen molar-refractivity contribution < 1.29 is 4.79 Å². The van der Waals surface area contributed by atoms with Gasteiger partial charge in [-0.05, 0) is 55.7 Å². The Morgan fingerprint density at radius 1 is 1.40 bits per heavy atom. The maximum atomic E-state index is 11.3. The average Bonchev–Trinajstić information content (AvgIpc) is 3.03. The number of carbonyl (C=O) groups excluding carboxylic acids is 1. The highest BCUT2D eigenvalue weighted by atomic mass is 35.5. The highest BCUT2D eigenvalue weighted by Crippen LogP contribution is 2.45. The second-order valence-corrected chi connectivity index (χ2v) is 6.34. The van der Waals surface area contributed by atoms with Gasteiger partial charge in [-0.3, -0.25) is 4.79 Å². The van der Waals surface area contributed by atoms with Gasteiger partial charge in [0.25, 0.3) is 0 Å². The van der Waals surface area contributed by atoms with Crippen LogP contribution in [-0.4, -0.2) is 11.9 Å². The number of nitrogens with two attached hydrogens (primary N) is 1. The van der Waals surface area contributed by atoms with Gasteiger partial charge in [-0.15, -0.1) is 0 Å². The third kappa shape index (κ3) is 2.42. The summed E-state index contributed by atoms with van der Waals surface area (Å²) < 4.78 is 0. The molecule has 0 heterocycles. The zero-order chi connectivity index (χ0) is 14.3. The summed E-state index contributed by atoms with van der Waals surface area (Å²) in [6, 6.07) is 5.73. The topological polar surface area (TPSA) is 55.1 Å². The van der Waals surface area contributed by atoms with Gasteiger partial charge >= 0.3 is 0 Å². The molecule has 2 bridgehead atoms. The fourth-order valence-corrected chi connectivity index (χ4v) is 3.78. The molecule has 20 heavy (non-hydrogen) atoms. The molecule has 0 spiro atoms. The van der Waals surface area contributed by atoms with Crippen LogP contribution in [0.5, 0.6) is 0 Å². The van der Waals surface area contributed by atoms with Crippen LogP contribution in [-0.2, 0) is 0 Å². The van der Waals surface area contributed by atoms with Gasteiger partial charge < -0.3 is 11.1 Å². The standard InChI is InChI=1S/C16H19ClN2O/c1-9(13-7-10-2-3-11(13)6-10)19-12-4-5-15(17)14(8-12)16(18)20/h2-5,8-11,13,19H,6-7H2,1H3,(H2,18,20). The second kappa shape index (κ2) is 5.13. The lowest BCUT2D eigenvalue weighted by Crippen LogP contribution is -2.29. The molecule has 4 atom stereocenters. The van der Waals surface area contributed by atoms with Gasteiger partial charge in [0.2, 0.25) is 5.91 Å². The molecular weight excluding hydrogens is 272 g/mol. The molecule has 3 N–H and O–H groups in total. The minimum absolute atomic E-state index is 0.372. The fraction of sp³-hybridized carbons (Fsp3) is 0.438. The molecule has 1 saturated carbocycles. The van der Waals surface area contributed by atoms with Crippen LogP contribution in [0.25, 0.3) is 0 Å².